The molecule has 1 nitrogen and oxygen atoms in total. The van der Waals surface area contributed by atoms with Gasteiger partial charge in [-0.05, 0) is 12.8 Å². The molecule has 0 aliphatic carbocycles. The van der Waals surface area contributed by atoms with E-state index in [1.165, 1.54) is 6.20 Å². The van der Waals surface area contributed by atoms with Crippen LogP contribution in [-0.2, 0) is 0 Å². The van der Waals surface area contributed by atoms with E-state index in [-0.39, 0.29) is 0 Å². The van der Waals surface area contributed by atoms with Gasteiger partial charge in [0.1, 0.15) is 5.83 Å². The topological polar surface area (TPSA) is 12.4 Å². The fourth-order valence-corrected chi connectivity index (χ4v) is 0.134. The fourth-order valence-electron chi connectivity index (χ4n) is 0.134. The minimum atomic E-state index is -0.507. The molecule has 0 aliphatic rings. The third-order valence-corrected chi connectivity index (χ3v) is 0.361. The summed E-state index contributed by atoms with van der Waals surface area (Å²) in [6, 6.07) is 0. The first-order chi connectivity index (χ1) is 3.27. The third kappa shape index (κ3) is 5.08. The first-order valence-corrected chi connectivity index (χ1v) is 1.74. The first-order valence-electron chi connectivity index (χ1n) is 1.74. The van der Waals surface area contributed by atoms with Gasteiger partial charge in [0.05, 0.1) is 0 Å². The lowest BCUT2D eigenvalue weighted by molar-refractivity contribution is 0.671. The summed E-state index contributed by atoms with van der Waals surface area (Å²) in [6.07, 6.45) is 2.37. The van der Waals surface area contributed by atoms with Crippen LogP contribution in [0.4, 0.5) is 4.39 Å². The molecule has 0 radical (unpaired) electrons. The Balaban J connectivity index is 3.46. The zero-order chi connectivity index (χ0) is 5.70. The van der Waals surface area contributed by atoms with E-state index in [2.05, 4.69) is 18.3 Å². The van der Waals surface area contributed by atoms with E-state index in [1.54, 1.807) is 0 Å². The number of aliphatic imine (C=N–C) groups is 1. The van der Waals surface area contributed by atoms with Crippen molar-refractivity contribution in [3.05, 3.63) is 24.7 Å². The van der Waals surface area contributed by atoms with E-state index < -0.39 is 5.83 Å². The normalized spacial score (nSPS) is 9.29. The average molecular weight is 99.1 g/mol. The van der Waals surface area contributed by atoms with Crippen LogP contribution in [0.25, 0.3) is 0 Å². The molecule has 0 N–H and O–H groups in total. The largest absolute Gasteiger partial charge is 0.272 e. The summed E-state index contributed by atoms with van der Waals surface area (Å²) in [5.41, 5.74) is 0. The lowest BCUT2D eigenvalue weighted by Gasteiger charge is -1.72. The molecule has 0 aliphatic heterocycles. The number of halogens is 1. The minimum absolute atomic E-state index is 0.507. The van der Waals surface area contributed by atoms with Crippen molar-refractivity contribution >= 4 is 6.72 Å². The predicted octanol–water partition coefficient (Wildman–Crippen LogP) is 1.68. The van der Waals surface area contributed by atoms with Gasteiger partial charge in [0.2, 0.25) is 0 Å². The summed E-state index contributed by atoms with van der Waals surface area (Å²) in [6.45, 7) is 6.04. The molecular weight excluding hydrogens is 93.1 g/mol. The molecule has 7 heavy (non-hydrogen) atoms. The molecule has 0 saturated heterocycles. The van der Waals surface area contributed by atoms with E-state index in [1.807, 2.05) is 0 Å². The van der Waals surface area contributed by atoms with Crippen molar-refractivity contribution in [2.24, 2.45) is 4.99 Å². The lowest BCUT2D eigenvalue weighted by atomic mass is 10.6. The van der Waals surface area contributed by atoms with Crippen LogP contribution in [0.5, 0.6) is 0 Å². The van der Waals surface area contributed by atoms with Gasteiger partial charge < -0.3 is 0 Å². The Morgan fingerprint density at radius 1 is 1.71 bits per heavy atom. The van der Waals surface area contributed by atoms with Crippen LogP contribution in [0.1, 0.15) is 0 Å². The van der Waals surface area contributed by atoms with Crippen LogP contribution >= 0.6 is 0 Å². The Morgan fingerprint density at radius 2 is 2.29 bits per heavy atom. The van der Waals surface area contributed by atoms with Gasteiger partial charge in [0.15, 0.2) is 0 Å². The van der Waals surface area contributed by atoms with Crippen LogP contribution in [-0.4, -0.2) is 6.72 Å². The van der Waals surface area contributed by atoms with Crippen LogP contribution in [0.3, 0.4) is 0 Å². The highest BCUT2D eigenvalue weighted by Crippen LogP contribution is 1.90. The maximum absolute atomic E-state index is 11.5. The zero-order valence-electron chi connectivity index (χ0n) is 3.89. The average Bonchev–Trinajstić information content (AvgIpc) is 1.61. The second-order valence-electron chi connectivity index (χ2n) is 0.945. The first kappa shape index (κ1) is 6.08. The molecule has 0 unspecified atom stereocenters. The van der Waals surface area contributed by atoms with Crippen molar-refractivity contribution < 1.29 is 4.39 Å². The molecule has 2 heteroatoms. The molecule has 0 bridgehead atoms. The molecule has 0 heterocycles. The van der Waals surface area contributed by atoms with E-state index in [0.717, 1.165) is 6.08 Å². The van der Waals surface area contributed by atoms with Gasteiger partial charge in [-0.3, -0.25) is 4.99 Å². The molecule has 0 atom stereocenters. The standard InChI is InChI=1S/C5H6FN/c1-5(6)3-4-7-2/h3-4H,1-2H2/b4-3-. The maximum atomic E-state index is 11.5. The molecular formula is C5H6FN. The van der Waals surface area contributed by atoms with Gasteiger partial charge in [-0.15, -0.1) is 0 Å². The number of allylic oxidation sites excluding steroid dienone is 2. The van der Waals surface area contributed by atoms with E-state index in [9.17, 15) is 4.39 Å². The lowest BCUT2D eigenvalue weighted by Crippen LogP contribution is -1.53. The van der Waals surface area contributed by atoms with Crippen LogP contribution in [0.2, 0.25) is 0 Å². The Bertz CT molecular complexity index is 105. The molecule has 0 spiro atoms. The Morgan fingerprint density at radius 3 is 2.43 bits per heavy atom. The van der Waals surface area contributed by atoms with Gasteiger partial charge in [-0.2, -0.15) is 0 Å². The highest BCUT2D eigenvalue weighted by molar-refractivity contribution is 5.26. The summed E-state index contributed by atoms with van der Waals surface area (Å²) in [5.74, 6) is -0.507. The van der Waals surface area contributed by atoms with Gasteiger partial charge >= 0.3 is 0 Å². The van der Waals surface area contributed by atoms with Crippen molar-refractivity contribution in [2.45, 2.75) is 0 Å². The third-order valence-electron chi connectivity index (χ3n) is 0.361. The molecule has 0 amide bonds. The molecule has 0 aromatic heterocycles. The van der Waals surface area contributed by atoms with Crippen LogP contribution in [0.15, 0.2) is 29.7 Å². The zero-order valence-corrected chi connectivity index (χ0v) is 3.89. The molecule has 0 rings (SSSR count). The van der Waals surface area contributed by atoms with Gasteiger partial charge in [-0.25, -0.2) is 4.39 Å². The smallest absolute Gasteiger partial charge is 0.117 e. The SMILES string of the molecule is C=N/C=C\C(=C)F. The molecule has 38 valence electrons. The Labute approximate surface area is 41.9 Å². The number of nitrogens with zero attached hydrogens (tertiary/aromatic N) is 1. The highest BCUT2D eigenvalue weighted by atomic mass is 19.1. The van der Waals surface area contributed by atoms with E-state index in [4.69, 9.17) is 0 Å². The Kier molecular flexibility index (Phi) is 2.85. The summed E-state index contributed by atoms with van der Waals surface area (Å²) in [7, 11) is 0. The highest BCUT2D eigenvalue weighted by Gasteiger charge is 1.71. The summed E-state index contributed by atoms with van der Waals surface area (Å²) in [4.78, 5) is 3.24. The van der Waals surface area contributed by atoms with Crippen molar-refractivity contribution in [1.82, 2.24) is 0 Å². The van der Waals surface area contributed by atoms with E-state index in [0.29, 0.717) is 0 Å². The number of hydrogen-bond acceptors (Lipinski definition) is 1. The van der Waals surface area contributed by atoms with Gasteiger partial charge in [-0.1, -0.05) is 6.58 Å². The quantitative estimate of drug-likeness (QED) is 0.369. The minimum Gasteiger partial charge on any atom is -0.272 e. The van der Waals surface area contributed by atoms with E-state index >= 15 is 0 Å². The summed E-state index contributed by atoms with van der Waals surface area (Å²) < 4.78 is 11.5. The number of rotatable bonds is 2. The monoisotopic (exact) mass is 99.0 g/mol. The molecule has 0 aromatic rings. The fraction of sp³-hybridized carbons (Fsp3) is 0. The van der Waals surface area contributed by atoms with Crippen LogP contribution < -0.4 is 0 Å². The predicted molar refractivity (Wildman–Crippen MR) is 28.9 cm³/mol. The van der Waals surface area contributed by atoms with Crippen molar-refractivity contribution in [2.75, 3.05) is 0 Å². The molecule has 0 saturated carbocycles. The number of hydrogen-bond donors (Lipinski definition) is 0. The second kappa shape index (κ2) is 3.28. The van der Waals surface area contributed by atoms with Gasteiger partial charge in [0.25, 0.3) is 0 Å². The van der Waals surface area contributed by atoms with Crippen LogP contribution in [0, 0.1) is 0 Å². The summed E-state index contributed by atoms with van der Waals surface area (Å²) in [5, 5.41) is 0. The maximum Gasteiger partial charge on any atom is 0.117 e. The Hall–Kier alpha value is -0.920. The van der Waals surface area contributed by atoms with Crippen molar-refractivity contribution in [3.8, 4) is 0 Å². The molecule has 0 aromatic carbocycles. The second-order valence-corrected chi connectivity index (χ2v) is 0.945. The van der Waals surface area contributed by atoms with Crippen molar-refractivity contribution in [3.63, 3.8) is 0 Å². The van der Waals surface area contributed by atoms with Crippen molar-refractivity contribution in [1.29, 1.82) is 0 Å². The summed E-state index contributed by atoms with van der Waals surface area (Å²) >= 11 is 0. The van der Waals surface area contributed by atoms with Gasteiger partial charge in [0, 0.05) is 6.20 Å². The molecule has 0 fully saturated rings.